The molecule has 2 heteroatoms. The van der Waals surface area contributed by atoms with E-state index in [-0.39, 0.29) is 12.1 Å². The normalized spacial score (nSPS) is 12.3. The standard InChI is InChI=1S/C19H20O2/c1-14-8-4-6-10-17(14)12-13-19(21-16(3)20)18-11-7-5-9-15(18)2/h4-13,19H,1-3H3/b13-12+. The van der Waals surface area contributed by atoms with Crippen LogP contribution in [0.15, 0.2) is 54.6 Å². The van der Waals surface area contributed by atoms with Gasteiger partial charge in [-0.15, -0.1) is 0 Å². The summed E-state index contributed by atoms with van der Waals surface area (Å²) >= 11 is 0. The van der Waals surface area contributed by atoms with Crippen molar-refractivity contribution >= 4 is 12.0 Å². The van der Waals surface area contributed by atoms with Crippen LogP contribution in [0.3, 0.4) is 0 Å². The van der Waals surface area contributed by atoms with Crippen LogP contribution >= 0.6 is 0 Å². The van der Waals surface area contributed by atoms with Crippen LogP contribution < -0.4 is 0 Å². The molecule has 2 aromatic rings. The lowest BCUT2D eigenvalue weighted by Gasteiger charge is -2.16. The summed E-state index contributed by atoms with van der Waals surface area (Å²) in [7, 11) is 0. The van der Waals surface area contributed by atoms with E-state index in [0.29, 0.717) is 0 Å². The van der Waals surface area contributed by atoms with E-state index in [1.54, 1.807) is 0 Å². The highest BCUT2D eigenvalue weighted by Crippen LogP contribution is 2.24. The van der Waals surface area contributed by atoms with Gasteiger partial charge in [0.05, 0.1) is 0 Å². The van der Waals surface area contributed by atoms with Gasteiger partial charge in [-0.1, -0.05) is 54.6 Å². The Kier molecular flexibility index (Phi) is 4.94. The van der Waals surface area contributed by atoms with Gasteiger partial charge in [-0.3, -0.25) is 4.79 Å². The molecule has 1 atom stereocenters. The molecule has 0 amide bonds. The second-order valence-corrected chi connectivity index (χ2v) is 5.10. The van der Waals surface area contributed by atoms with E-state index in [0.717, 1.165) is 16.7 Å². The van der Waals surface area contributed by atoms with Gasteiger partial charge in [0, 0.05) is 6.92 Å². The van der Waals surface area contributed by atoms with E-state index in [1.165, 1.54) is 12.5 Å². The van der Waals surface area contributed by atoms with Gasteiger partial charge in [-0.2, -0.15) is 0 Å². The largest absolute Gasteiger partial charge is 0.453 e. The summed E-state index contributed by atoms with van der Waals surface area (Å²) in [5.41, 5.74) is 4.44. The minimum atomic E-state index is -0.358. The van der Waals surface area contributed by atoms with Gasteiger partial charge >= 0.3 is 5.97 Å². The number of carbonyl (C=O) groups is 1. The molecule has 21 heavy (non-hydrogen) atoms. The lowest BCUT2D eigenvalue weighted by Crippen LogP contribution is -2.07. The van der Waals surface area contributed by atoms with Crippen molar-refractivity contribution in [3.63, 3.8) is 0 Å². The molecule has 0 fully saturated rings. The van der Waals surface area contributed by atoms with Crippen molar-refractivity contribution in [3.05, 3.63) is 76.9 Å². The van der Waals surface area contributed by atoms with Crippen LogP contribution in [0, 0.1) is 13.8 Å². The van der Waals surface area contributed by atoms with Gasteiger partial charge in [0.15, 0.2) is 0 Å². The number of hydrogen-bond donors (Lipinski definition) is 0. The SMILES string of the molecule is CC(=O)OC(/C=C/c1ccccc1C)c1ccccc1C. The topological polar surface area (TPSA) is 26.3 Å². The number of carbonyl (C=O) groups excluding carboxylic acids is 1. The monoisotopic (exact) mass is 280 g/mol. The first-order chi connectivity index (χ1) is 10.1. The number of ether oxygens (including phenoxy) is 1. The van der Waals surface area contributed by atoms with Gasteiger partial charge in [-0.25, -0.2) is 0 Å². The van der Waals surface area contributed by atoms with Crippen molar-refractivity contribution in [2.75, 3.05) is 0 Å². The molecule has 0 spiro atoms. The van der Waals surface area contributed by atoms with E-state index in [9.17, 15) is 4.79 Å². The second-order valence-electron chi connectivity index (χ2n) is 5.10. The molecule has 0 aromatic heterocycles. The number of rotatable bonds is 4. The first-order valence-corrected chi connectivity index (χ1v) is 7.04. The molecule has 1 unspecified atom stereocenters. The molecule has 0 aliphatic carbocycles. The molecule has 0 bridgehead atoms. The molecule has 0 aliphatic rings. The minimum Gasteiger partial charge on any atom is -0.453 e. The zero-order valence-electron chi connectivity index (χ0n) is 12.7. The fourth-order valence-electron chi connectivity index (χ4n) is 2.26. The van der Waals surface area contributed by atoms with Gasteiger partial charge in [0.25, 0.3) is 0 Å². The Labute approximate surface area is 126 Å². The summed E-state index contributed by atoms with van der Waals surface area (Å²) in [4.78, 5) is 11.4. The van der Waals surface area contributed by atoms with E-state index in [1.807, 2.05) is 55.5 Å². The summed E-state index contributed by atoms with van der Waals surface area (Å²) in [6.45, 7) is 5.52. The zero-order chi connectivity index (χ0) is 15.2. The summed E-state index contributed by atoms with van der Waals surface area (Å²) < 4.78 is 5.45. The smallest absolute Gasteiger partial charge is 0.303 e. The first-order valence-electron chi connectivity index (χ1n) is 7.04. The van der Waals surface area contributed by atoms with E-state index in [4.69, 9.17) is 4.74 Å². The quantitative estimate of drug-likeness (QED) is 0.764. The van der Waals surface area contributed by atoms with Gasteiger partial charge in [0.2, 0.25) is 0 Å². The van der Waals surface area contributed by atoms with Gasteiger partial charge in [0.1, 0.15) is 6.10 Å². The predicted octanol–water partition coefficient (Wildman–Crippen LogP) is 4.62. The Morgan fingerprint density at radius 1 is 1.00 bits per heavy atom. The molecule has 108 valence electrons. The molecule has 0 heterocycles. The van der Waals surface area contributed by atoms with Crippen molar-refractivity contribution in [2.45, 2.75) is 26.9 Å². The first kappa shape index (κ1) is 15.0. The third-order valence-electron chi connectivity index (χ3n) is 3.43. The van der Waals surface area contributed by atoms with E-state index >= 15 is 0 Å². The molecule has 2 rings (SSSR count). The predicted molar refractivity (Wildman–Crippen MR) is 85.9 cm³/mol. The molecule has 2 nitrogen and oxygen atoms in total. The van der Waals surface area contributed by atoms with Crippen molar-refractivity contribution < 1.29 is 9.53 Å². The van der Waals surface area contributed by atoms with Crippen molar-refractivity contribution in [1.82, 2.24) is 0 Å². The average Bonchev–Trinajstić information content (AvgIpc) is 2.45. The molecule has 2 aromatic carbocycles. The highest BCUT2D eigenvalue weighted by atomic mass is 16.5. The van der Waals surface area contributed by atoms with Crippen LogP contribution in [0.5, 0.6) is 0 Å². The van der Waals surface area contributed by atoms with Crippen LogP contribution in [0.2, 0.25) is 0 Å². The van der Waals surface area contributed by atoms with Crippen LogP contribution in [-0.4, -0.2) is 5.97 Å². The summed E-state index contributed by atoms with van der Waals surface area (Å²) in [5.74, 6) is -0.280. The maximum atomic E-state index is 11.4. The van der Waals surface area contributed by atoms with E-state index < -0.39 is 0 Å². The van der Waals surface area contributed by atoms with Crippen LogP contribution in [0.1, 0.15) is 35.3 Å². The third kappa shape index (κ3) is 4.06. The highest BCUT2D eigenvalue weighted by molar-refractivity contribution is 5.67. The highest BCUT2D eigenvalue weighted by Gasteiger charge is 2.13. The second kappa shape index (κ2) is 6.89. The van der Waals surface area contributed by atoms with Crippen LogP contribution in [-0.2, 0) is 9.53 Å². The van der Waals surface area contributed by atoms with Gasteiger partial charge in [-0.05, 0) is 42.2 Å². The molecule has 0 N–H and O–H groups in total. The molecule has 0 saturated carbocycles. The van der Waals surface area contributed by atoms with Crippen LogP contribution in [0.25, 0.3) is 6.08 Å². The van der Waals surface area contributed by atoms with E-state index in [2.05, 4.69) is 19.1 Å². The molecule has 0 aliphatic heterocycles. The molecule has 0 saturated heterocycles. The maximum absolute atomic E-state index is 11.4. The lowest BCUT2D eigenvalue weighted by atomic mass is 10.0. The Balaban J connectivity index is 2.31. The Hall–Kier alpha value is -2.35. The Morgan fingerprint density at radius 3 is 2.24 bits per heavy atom. The van der Waals surface area contributed by atoms with Crippen molar-refractivity contribution in [2.24, 2.45) is 0 Å². The zero-order valence-corrected chi connectivity index (χ0v) is 12.7. The average molecular weight is 280 g/mol. The maximum Gasteiger partial charge on any atom is 0.303 e. The summed E-state index contributed by atoms with van der Waals surface area (Å²) in [6, 6.07) is 16.1. The Bertz CT molecular complexity index is 656. The number of esters is 1. The fraction of sp³-hybridized carbons (Fsp3) is 0.211. The number of hydrogen-bond acceptors (Lipinski definition) is 2. The Morgan fingerprint density at radius 2 is 1.62 bits per heavy atom. The summed E-state index contributed by atoms with van der Waals surface area (Å²) in [5, 5.41) is 0. The van der Waals surface area contributed by atoms with Crippen LogP contribution in [0.4, 0.5) is 0 Å². The molecular formula is C19H20O2. The number of aryl methyl sites for hydroxylation is 2. The van der Waals surface area contributed by atoms with Crippen molar-refractivity contribution in [1.29, 1.82) is 0 Å². The van der Waals surface area contributed by atoms with Crippen molar-refractivity contribution in [3.8, 4) is 0 Å². The minimum absolute atomic E-state index is 0.280. The lowest BCUT2D eigenvalue weighted by molar-refractivity contribution is -0.144. The number of benzene rings is 2. The van der Waals surface area contributed by atoms with Gasteiger partial charge < -0.3 is 4.74 Å². The third-order valence-corrected chi connectivity index (χ3v) is 3.43. The fourth-order valence-corrected chi connectivity index (χ4v) is 2.26. The molecular weight excluding hydrogens is 260 g/mol. The molecule has 0 radical (unpaired) electrons. The summed E-state index contributed by atoms with van der Waals surface area (Å²) in [6.07, 6.45) is 3.59.